The zero-order valence-electron chi connectivity index (χ0n) is 17.0. The molecule has 0 spiro atoms. The largest absolute Gasteiger partial charge is 0.492 e. The van der Waals surface area contributed by atoms with Crippen molar-refractivity contribution in [1.29, 1.82) is 5.26 Å². The summed E-state index contributed by atoms with van der Waals surface area (Å²) in [5.41, 5.74) is 4.99. The van der Waals surface area contributed by atoms with Crippen molar-refractivity contribution >= 4 is 29.7 Å². The highest BCUT2D eigenvalue weighted by molar-refractivity contribution is 7.17. The monoisotopic (exact) mass is 434 g/mol. The minimum atomic E-state index is -0.111. The van der Waals surface area contributed by atoms with E-state index in [9.17, 15) is 10.1 Å². The molecule has 1 aliphatic rings. The normalized spacial score (nSPS) is 14.2. The van der Waals surface area contributed by atoms with Gasteiger partial charge in [-0.3, -0.25) is 10.2 Å². The van der Waals surface area contributed by atoms with E-state index < -0.39 is 0 Å². The molecular formula is C21H27ClN4O2S. The van der Waals surface area contributed by atoms with Crippen LogP contribution in [0.2, 0.25) is 0 Å². The van der Waals surface area contributed by atoms with Crippen LogP contribution in [0, 0.1) is 24.2 Å². The van der Waals surface area contributed by atoms with Crippen molar-refractivity contribution in [2.75, 3.05) is 19.7 Å². The first-order valence-electron chi connectivity index (χ1n) is 9.68. The molecule has 1 amide bonds. The Morgan fingerprint density at radius 3 is 2.72 bits per heavy atom. The Balaban J connectivity index is 0.00000300. The van der Waals surface area contributed by atoms with Gasteiger partial charge in [0.05, 0.1) is 17.9 Å². The lowest BCUT2D eigenvalue weighted by molar-refractivity contribution is 0.0753. The molecule has 0 aliphatic carbocycles. The molecular weight excluding hydrogens is 408 g/mol. The molecule has 3 rings (SSSR count). The smallest absolute Gasteiger partial charge is 0.277 e. The highest BCUT2D eigenvalue weighted by atomic mass is 35.5. The van der Waals surface area contributed by atoms with Gasteiger partial charge in [-0.2, -0.15) is 5.26 Å². The number of nitrogens with zero attached hydrogens (tertiary/aromatic N) is 3. The summed E-state index contributed by atoms with van der Waals surface area (Å²) in [7, 11) is 0. The number of rotatable bonds is 6. The molecule has 8 heteroatoms. The first-order valence-corrected chi connectivity index (χ1v) is 10.5. The van der Waals surface area contributed by atoms with Gasteiger partial charge in [-0.15, -0.1) is 23.7 Å². The molecule has 2 heterocycles. The maximum Gasteiger partial charge on any atom is 0.277 e. The van der Waals surface area contributed by atoms with Gasteiger partial charge in [0, 0.05) is 18.7 Å². The van der Waals surface area contributed by atoms with Gasteiger partial charge in [-0.1, -0.05) is 20.3 Å². The fourth-order valence-corrected chi connectivity index (χ4v) is 4.02. The number of nitriles is 1. The second-order valence-corrected chi connectivity index (χ2v) is 8.45. The number of piperidine rings is 1. The number of halogens is 1. The molecule has 1 saturated heterocycles. The van der Waals surface area contributed by atoms with Crippen LogP contribution in [-0.2, 0) is 0 Å². The Hall–Kier alpha value is -2.14. The lowest BCUT2D eigenvalue weighted by Crippen LogP contribution is -2.44. The quantitative estimate of drug-likeness (QED) is 0.720. The molecule has 156 valence electrons. The number of benzene rings is 1. The topological polar surface area (TPSA) is 78.2 Å². The number of carbonyl (C=O) groups excluding carboxylic acids is 1. The second kappa shape index (κ2) is 10.6. The fraction of sp³-hybridized carbons (Fsp3) is 0.476. The molecule has 2 aromatic rings. The van der Waals surface area contributed by atoms with Gasteiger partial charge in [0.25, 0.3) is 5.91 Å². The Bertz CT molecular complexity index is 885. The summed E-state index contributed by atoms with van der Waals surface area (Å²) in [5, 5.41) is 12.2. The third-order valence-electron chi connectivity index (χ3n) is 4.54. The van der Waals surface area contributed by atoms with E-state index >= 15 is 0 Å². The second-order valence-electron chi connectivity index (χ2n) is 7.45. The van der Waals surface area contributed by atoms with Gasteiger partial charge < -0.3 is 4.74 Å². The Morgan fingerprint density at radius 1 is 1.34 bits per heavy atom. The Morgan fingerprint density at radius 2 is 2.07 bits per heavy atom. The third kappa shape index (κ3) is 5.92. The Labute approximate surface area is 182 Å². The van der Waals surface area contributed by atoms with E-state index in [1.807, 2.05) is 18.0 Å². The lowest BCUT2D eigenvalue weighted by Gasteiger charge is -2.26. The van der Waals surface area contributed by atoms with Gasteiger partial charge in [0.15, 0.2) is 0 Å². The van der Waals surface area contributed by atoms with Crippen LogP contribution in [-0.4, -0.2) is 35.6 Å². The molecule has 0 saturated carbocycles. The van der Waals surface area contributed by atoms with E-state index in [1.165, 1.54) is 17.8 Å². The van der Waals surface area contributed by atoms with Crippen molar-refractivity contribution in [3.05, 3.63) is 34.3 Å². The molecule has 29 heavy (non-hydrogen) atoms. The van der Waals surface area contributed by atoms with Crippen LogP contribution in [0.3, 0.4) is 0 Å². The number of nitrogens with one attached hydrogen (secondary N) is 1. The maximum absolute atomic E-state index is 12.6. The fourth-order valence-electron chi connectivity index (χ4n) is 3.06. The molecule has 0 atom stereocenters. The van der Waals surface area contributed by atoms with Crippen LogP contribution in [0.1, 0.15) is 54.0 Å². The van der Waals surface area contributed by atoms with Gasteiger partial charge >= 0.3 is 0 Å². The number of hydrazine groups is 1. The molecule has 1 aromatic carbocycles. The van der Waals surface area contributed by atoms with E-state index in [0.717, 1.165) is 36.5 Å². The minimum Gasteiger partial charge on any atom is -0.492 e. The average molecular weight is 435 g/mol. The number of carbonyl (C=O) groups is 1. The van der Waals surface area contributed by atoms with Gasteiger partial charge in [0.1, 0.15) is 21.7 Å². The van der Waals surface area contributed by atoms with Crippen LogP contribution in [0.5, 0.6) is 5.75 Å². The van der Waals surface area contributed by atoms with Gasteiger partial charge in [0.2, 0.25) is 0 Å². The number of amides is 1. The first kappa shape index (κ1) is 23.1. The molecule has 6 nitrogen and oxygen atoms in total. The molecule has 0 radical (unpaired) electrons. The van der Waals surface area contributed by atoms with E-state index in [-0.39, 0.29) is 18.3 Å². The molecule has 1 N–H and O–H groups in total. The number of hydrogen-bond acceptors (Lipinski definition) is 6. The summed E-state index contributed by atoms with van der Waals surface area (Å²) >= 11 is 1.35. The lowest BCUT2D eigenvalue weighted by atomic mass is 10.1. The molecule has 1 fully saturated rings. The van der Waals surface area contributed by atoms with Crippen molar-refractivity contribution in [2.45, 2.75) is 40.0 Å². The Kier molecular flexibility index (Phi) is 8.45. The van der Waals surface area contributed by atoms with Crippen LogP contribution < -0.4 is 10.2 Å². The third-order valence-corrected chi connectivity index (χ3v) is 5.74. The maximum atomic E-state index is 12.6. The predicted molar refractivity (Wildman–Crippen MR) is 117 cm³/mol. The van der Waals surface area contributed by atoms with Crippen molar-refractivity contribution < 1.29 is 9.53 Å². The first-order chi connectivity index (χ1) is 13.5. The number of ether oxygens (including phenoxy) is 1. The summed E-state index contributed by atoms with van der Waals surface area (Å²) in [5.74, 6) is 0.852. The number of aromatic nitrogens is 1. The molecule has 0 bridgehead atoms. The van der Waals surface area contributed by atoms with Gasteiger partial charge in [-0.05, 0) is 43.9 Å². The zero-order chi connectivity index (χ0) is 20.1. The number of hydrogen-bond donors (Lipinski definition) is 1. The number of aryl methyl sites for hydroxylation is 1. The van der Waals surface area contributed by atoms with Crippen LogP contribution in [0.4, 0.5) is 0 Å². The highest BCUT2D eigenvalue weighted by Gasteiger charge is 2.20. The van der Waals surface area contributed by atoms with E-state index in [1.54, 1.807) is 12.1 Å². The van der Waals surface area contributed by atoms with E-state index in [0.29, 0.717) is 34.4 Å². The zero-order valence-corrected chi connectivity index (χ0v) is 18.7. The van der Waals surface area contributed by atoms with Crippen molar-refractivity contribution in [3.63, 3.8) is 0 Å². The van der Waals surface area contributed by atoms with Crippen LogP contribution in [0.15, 0.2) is 18.2 Å². The summed E-state index contributed by atoms with van der Waals surface area (Å²) < 4.78 is 5.72. The van der Waals surface area contributed by atoms with Crippen molar-refractivity contribution in [2.24, 2.45) is 5.92 Å². The summed E-state index contributed by atoms with van der Waals surface area (Å²) in [6.45, 7) is 8.31. The minimum absolute atomic E-state index is 0. The number of thiazole rings is 1. The predicted octanol–water partition coefficient (Wildman–Crippen LogP) is 4.58. The summed E-state index contributed by atoms with van der Waals surface area (Å²) in [6.07, 6.45) is 3.43. The van der Waals surface area contributed by atoms with Crippen LogP contribution in [0.25, 0.3) is 10.6 Å². The van der Waals surface area contributed by atoms with Crippen molar-refractivity contribution in [1.82, 2.24) is 15.4 Å². The van der Waals surface area contributed by atoms with Crippen molar-refractivity contribution in [3.8, 4) is 22.4 Å². The average Bonchev–Trinajstić information content (AvgIpc) is 3.08. The SMILES string of the molecule is Cc1nc(-c2ccc(OCC(C)C)c(C#N)c2)sc1C(=O)NN1CCCCC1.Cl. The highest BCUT2D eigenvalue weighted by Crippen LogP contribution is 2.31. The van der Waals surface area contributed by atoms with Gasteiger partial charge in [-0.25, -0.2) is 9.99 Å². The summed E-state index contributed by atoms with van der Waals surface area (Å²) in [4.78, 5) is 17.8. The van der Waals surface area contributed by atoms with E-state index in [4.69, 9.17) is 4.74 Å². The van der Waals surface area contributed by atoms with E-state index in [2.05, 4.69) is 30.3 Å². The standard InChI is InChI=1S/C21H26N4O2S.ClH/c1-14(2)13-27-18-8-7-16(11-17(18)12-22)21-23-15(3)19(28-21)20(26)24-25-9-5-4-6-10-25;/h7-8,11,14H,4-6,9-10,13H2,1-3H3,(H,24,26);1H. The van der Waals surface area contributed by atoms with Crippen LogP contribution >= 0.6 is 23.7 Å². The molecule has 1 aromatic heterocycles. The summed E-state index contributed by atoms with van der Waals surface area (Å²) in [6, 6.07) is 7.67. The molecule has 0 unspecified atom stereocenters. The molecule has 1 aliphatic heterocycles.